The number of carbonyl (C=O) groups excluding carboxylic acids is 2. The number of allylic oxidation sites excluding steroid dienone is 2. The molecule has 6 rings (SSSR count). The second-order valence-electron chi connectivity index (χ2n) is 14.8. The number of esters is 2. The fourth-order valence-corrected chi connectivity index (χ4v) is 8.06. The number of ether oxygens (including phenoxy) is 5. The van der Waals surface area contributed by atoms with E-state index in [9.17, 15) is 19.8 Å². The van der Waals surface area contributed by atoms with Gasteiger partial charge in [0.25, 0.3) is 0 Å². The summed E-state index contributed by atoms with van der Waals surface area (Å²) < 4.78 is 31.7. The Morgan fingerprint density at radius 2 is 1.82 bits per heavy atom. The van der Waals surface area contributed by atoms with Crippen molar-refractivity contribution in [3.8, 4) is 0 Å². The van der Waals surface area contributed by atoms with Crippen LogP contribution in [0, 0.1) is 17.8 Å². The SMILES string of the molecule is CO/N=C(\C(=O)O[C@H]1/C(C)=C/C[C@H]2C[C@H](C[C@]3(CC[C@H](C)[C@@H](C)O3)O2)OC(=O)[C@@H]2C=C(C)[C@@H](O)[C@H]3OC/C(=C\C=C\[C@@H]1C)[C@]32O)c1ccccc1. The largest absolute Gasteiger partial charge is 0.462 e. The predicted molar refractivity (Wildman–Crippen MR) is 188 cm³/mol. The Morgan fingerprint density at radius 1 is 1.06 bits per heavy atom. The van der Waals surface area contributed by atoms with Crippen LogP contribution in [-0.2, 0) is 38.1 Å². The average molecular weight is 706 g/mol. The highest BCUT2D eigenvalue weighted by atomic mass is 16.7. The number of aliphatic hydroxyl groups excluding tert-OH is 1. The third kappa shape index (κ3) is 7.50. The van der Waals surface area contributed by atoms with E-state index in [2.05, 4.69) is 12.1 Å². The fourth-order valence-electron chi connectivity index (χ4n) is 8.06. The van der Waals surface area contributed by atoms with Gasteiger partial charge in [0.05, 0.1) is 18.8 Å². The molecule has 1 aliphatic carbocycles. The number of carbonyl (C=O) groups is 2. The van der Waals surface area contributed by atoms with Crippen LogP contribution in [0.2, 0.25) is 0 Å². The molecule has 4 heterocycles. The molecule has 0 aromatic heterocycles. The van der Waals surface area contributed by atoms with Gasteiger partial charge in [-0.2, -0.15) is 0 Å². The minimum Gasteiger partial charge on any atom is -0.462 e. The van der Waals surface area contributed by atoms with Gasteiger partial charge < -0.3 is 38.7 Å². The molecule has 276 valence electrons. The van der Waals surface area contributed by atoms with E-state index in [-0.39, 0.29) is 30.4 Å². The summed E-state index contributed by atoms with van der Waals surface area (Å²) in [6, 6.07) is 8.99. The summed E-state index contributed by atoms with van der Waals surface area (Å²) in [7, 11) is 1.38. The molecule has 11 atom stereocenters. The number of rotatable bonds is 4. The van der Waals surface area contributed by atoms with Crippen molar-refractivity contribution in [1.82, 2.24) is 0 Å². The van der Waals surface area contributed by atoms with Crippen molar-refractivity contribution < 1.29 is 48.3 Å². The van der Waals surface area contributed by atoms with Crippen molar-refractivity contribution >= 4 is 17.7 Å². The quantitative estimate of drug-likeness (QED) is 0.188. The fraction of sp³-hybridized carbons (Fsp3) is 0.575. The highest BCUT2D eigenvalue weighted by molar-refractivity contribution is 6.43. The van der Waals surface area contributed by atoms with Crippen molar-refractivity contribution in [2.45, 2.75) is 115 Å². The summed E-state index contributed by atoms with van der Waals surface area (Å²) in [5.41, 5.74) is 0.527. The molecule has 1 spiro atoms. The molecule has 4 aliphatic heterocycles. The van der Waals surface area contributed by atoms with Crippen molar-refractivity contribution in [3.05, 3.63) is 83.0 Å². The third-order valence-electron chi connectivity index (χ3n) is 11.2. The van der Waals surface area contributed by atoms with Crippen LogP contribution in [0.1, 0.15) is 72.3 Å². The van der Waals surface area contributed by atoms with Gasteiger partial charge in [0.1, 0.15) is 43.0 Å². The Kier molecular flexibility index (Phi) is 11.0. The molecular weight excluding hydrogens is 654 g/mol. The number of benzene rings is 1. The van der Waals surface area contributed by atoms with Gasteiger partial charge in [-0.25, -0.2) is 4.79 Å². The molecule has 0 saturated carbocycles. The van der Waals surface area contributed by atoms with E-state index in [1.54, 1.807) is 49.4 Å². The van der Waals surface area contributed by atoms with E-state index >= 15 is 0 Å². The summed E-state index contributed by atoms with van der Waals surface area (Å²) in [6.07, 6.45) is 7.89. The van der Waals surface area contributed by atoms with E-state index in [1.165, 1.54) is 7.11 Å². The molecule has 3 saturated heterocycles. The van der Waals surface area contributed by atoms with E-state index in [0.29, 0.717) is 48.3 Å². The lowest BCUT2D eigenvalue weighted by molar-refractivity contribution is -0.332. The Morgan fingerprint density at radius 3 is 2.55 bits per heavy atom. The maximum Gasteiger partial charge on any atom is 0.361 e. The van der Waals surface area contributed by atoms with Crippen LogP contribution < -0.4 is 0 Å². The summed E-state index contributed by atoms with van der Waals surface area (Å²) in [5, 5.41) is 27.3. The van der Waals surface area contributed by atoms with Crippen LogP contribution in [0.5, 0.6) is 0 Å². The van der Waals surface area contributed by atoms with Crippen LogP contribution >= 0.6 is 0 Å². The molecule has 3 fully saturated rings. The van der Waals surface area contributed by atoms with E-state index < -0.39 is 53.7 Å². The molecule has 0 radical (unpaired) electrons. The Hall–Kier alpha value is -3.61. The molecule has 11 heteroatoms. The number of nitrogens with zero attached hydrogens (tertiary/aromatic N) is 1. The summed E-state index contributed by atoms with van der Waals surface area (Å²) in [5.74, 6) is -3.26. The summed E-state index contributed by atoms with van der Waals surface area (Å²) in [4.78, 5) is 32.8. The molecule has 0 amide bonds. The Balaban J connectivity index is 1.39. The van der Waals surface area contributed by atoms with Gasteiger partial charge in [-0.1, -0.05) is 79.7 Å². The van der Waals surface area contributed by atoms with Gasteiger partial charge in [-0.15, -0.1) is 0 Å². The zero-order chi connectivity index (χ0) is 36.5. The highest BCUT2D eigenvalue weighted by Crippen LogP contribution is 2.47. The van der Waals surface area contributed by atoms with Gasteiger partial charge in [0.15, 0.2) is 11.5 Å². The first-order chi connectivity index (χ1) is 24.3. The molecule has 11 nitrogen and oxygen atoms in total. The van der Waals surface area contributed by atoms with Crippen LogP contribution in [0.4, 0.5) is 0 Å². The van der Waals surface area contributed by atoms with Gasteiger partial charge in [-0.05, 0) is 56.3 Å². The predicted octanol–water partition coefficient (Wildman–Crippen LogP) is 5.11. The van der Waals surface area contributed by atoms with Crippen LogP contribution in [0.3, 0.4) is 0 Å². The first kappa shape index (κ1) is 37.2. The first-order valence-electron chi connectivity index (χ1n) is 18.0. The highest BCUT2D eigenvalue weighted by Gasteiger charge is 2.60. The minimum absolute atomic E-state index is 0.0134. The number of hydrogen-bond acceptors (Lipinski definition) is 11. The molecule has 0 unspecified atom stereocenters. The molecule has 2 N–H and O–H groups in total. The molecular formula is C40H51NO10. The van der Waals surface area contributed by atoms with E-state index in [0.717, 1.165) is 12.0 Å². The Bertz CT molecular complexity index is 1620. The molecule has 2 bridgehead atoms. The minimum atomic E-state index is -1.84. The van der Waals surface area contributed by atoms with Crippen molar-refractivity contribution in [3.63, 3.8) is 0 Å². The maximum atomic E-state index is 14.1. The standard InChI is InChI=1S/C40H51NO10/c1-23-17-18-39(50-27(23)5)21-31-20-30(51-39)16-15-25(3)35(49-38(44)33(41-46-6)28-12-8-7-9-13-28)24(2)11-10-14-29-22-47-36-34(42)26(4)19-32(37(43)48-31)40(29,36)45/h7-15,19,23-24,27,30-32,34-36,42,45H,16-18,20-22H2,1-6H3/b11-10+,25-15+,29-14+,41-33-/t23-,24-,27+,30-,31+,32-,34+,35+,36+,39-,40+/m0/s1. The molecule has 1 aromatic rings. The van der Waals surface area contributed by atoms with Gasteiger partial charge in [-0.3, -0.25) is 4.79 Å². The third-order valence-corrected chi connectivity index (χ3v) is 11.2. The summed E-state index contributed by atoms with van der Waals surface area (Å²) >= 11 is 0. The van der Waals surface area contributed by atoms with E-state index in [4.69, 9.17) is 28.5 Å². The maximum absolute atomic E-state index is 14.1. The molecule has 1 aromatic carbocycles. The topological polar surface area (TPSA) is 142 Å². The lowest BCUT2D eigenvalue weighted by atomic mass is 9.71. The van der Waals surface area contributed by atoms with Crippen LogP contribution in [-0.4, -0.2) is 89.6 Å². The van der Waals surface area contributed by atoms with Gasteiger partial charge in [0, 0.05) is 30.7 Å². The smallest absolute Gasteiger partial charge is 0.361 e. The monoisotopic (exact) mass is 705 g/mol. The van der Waals surface area contributed by atoms with E-state index in [1.807, 2.05) is 39.0 Å². The van der Waals surface area contributed by atoms with Crippen molar-refractivity contribution in [1.29, 1.82) is 0 Å². The number of hydrogen-bond donors (Lipinski definition) is 2. The molecule has 51 heavy (non-hydrogen) atoms. The number of fused-ring (bicyclic) bond motifs is 2. The van der Waals surface area contributed by atoms with Crippen LogP contribution in [0.25, 0.3) is 0 Å². The lowest BCUT2D eigenvalue weighted by Gasteiger charge is -2.49. The Labute approximate surface area is 299 Å². The second kappa shape index (κ2) is 15.2. The first-order valence-corrected chi connectivity index (χ1v) is 18.0. The van der Waals surface area contributed by atoms with Crippen LogP contribution in [0.15, 0.2) is 82.6 Å². The lowest BCUT2D eigenvalue weighted by Crippen LogP contribution is -2.58. The van der Waals surface area contributed by atoms with Crippen molar-refractivity contribution in [2.24, 2.45) is 22.9 Å². The van der Waals surface area contributed by atoms with Gasteiger partial charge >= 0.3 is 11.9 Å². The van der Waals surface area contributed by atoms with Crippen molar-refractivity contribution in [2.75, 3.05) is 13.7 Å². The molecule has 5 aliphatic rings. The average Bonchev–Trinajstić information content (AvgIpc) is 3.44. The second-order valence-corrected chi connectivity index (χ2v) is 14.8. The number of aliphatic hydroxyl groups is 2. The normalized spacial score (nSPS) is 41.6. The number of oxime groups is 1. The zero-order valence-electron chi connectivity index (χ0n) is 30.3. The summed E-state index contributed by atoms with van der Waals surface area (Å²) in [6.45, 7) is 9.77. The van der Waals surface area contributed by atoms with Gasteiger partial charge in [0.2, 0.25) is 0 Å². The zero-order valence-corrected chi connectivity index (χ0v) is 30.3.